The SMILES string of the molecule is c1ccc2c(-n3c4ccccc4c4ccc5ccc6c7cccc8c9ccccc9n(c87)c6c5c43)cccc2c1. The minimum absolute atomic E-state index is 1.22. The highest BCUT2D eigenvalue weighted by Crippen LogP contribution is 2.45. The van der Waals surface area contributed by atoms with E-state index in [2.05, 4.69) is 142 Å². The molecule has 3 aromatic heterocycles. The van der Waals surface area contributed by atoms with Crippen LogP contribution < -0.4 is 0 Å². The second-order valence-corrected chi connectivity index (χ2v) is 10.9. The molecule has 0 saturated heterocycles. The Morgan fingerprint density at radius 1 is 0.325 bits per heavy atom. The van der Waals surface area contributed by atoms with Gasteiger partial charge in [-0.2, -0.15) is 0 Å². The summed E-state index contributed by atoms with van der Waals surface area (Å²) in [5.41, 5.74) is 7.59. The zero-order valence-corrected chi connectivity index (χ0v) is 21.6. The third kappa shape index (κ3) is 2.36. The molecule has 7 aromatic carbocycles. The van der Waals surface area contributed by atoms with Crippen molar-refractivity contribution in [2.24, 2.45) is 0 Å². The van der Waals surface area contributed by atoms with E-state index in [0.717, 1.165) is 0 Å². The lowest BCUT2D eigenvalue weighted by Gasteiger charge is -2.14. The van der Waals surface area contributed by atoms with E-state index in [1.165, 1.54) is 87.1 Å². The first kappa shape index (κ1) is 20.6. The fourth-order valence-corrected chi connectivity index (χ4v) is 7.42. The van der Waals surface area contributed by atoms with Crippen molar-refractivity contribution in [3.63, 3.8) is 0 Å². The molecule has 0 unspecified atom stereocenters. The Balaban J connectivity index is 1.55. The van der Waals surface area contributed by atoms with Crippen LogP contribution in [0.3, 0.4) is 0 Å². The normalized spacial score (nSPS) is 12.5. The summed E-state index contributed by atoms with van der Waals surface area (Å²) in [6.07, 6.45) is 0. The monoisotopic (exact) mass is 506 g/mol. The lowest BCUT2D eigenvalue weighted by molar-refractivity contribution is 1.20. The van der Waals surface area contributed by atoms with Gasteiger partial charge in [0.25, 0.3) is 0 Å². The van der Waals surface area contributed by atoms with Crippen LogP contribution in [-0.2, 0) is 0 Å². The number of fused-ring (bicyclic) bond motifs is 13. The lowest BCUT2D eigenvalue weighted by Crippen LogP contribution is -1.96. The third-order valence-electron chi connectivity index (χ3n) is 9.01. The summed E-state index contributed by atoms with van der Waals surface area (Å²) in [6.45, 7) is 0. The van der Waals surface area contributed by atoms with E-state index in [1.54, 1.807) is 0 Å². The van der Waals surface area contributed by atoms with Gasteiger partial charge in [0.15, 0.2) is 0 Å². The molecular weight excluding hydrogens is 484 g/mol. The van der Waals surface area contributed by atoms with Crippen LogP contribution in [0.4, 0.5) is 0 Å². The van der Waals surface area contributed by atoms with Gasteiger partial charge in [-0.05, 0) is 29.0 Å². The second-order valence-electron chi connectivity index (χ2n) is 10.9. The molecule has 3 heterocycles. The molecule has 2 nitrogen and oxygen atoms in total. The van der Waals surface area contributed by atoms with E-state index in [0.29, 0.717) is 0 Å². The Kier molecular flexibility index (Phi) is 3.70. The Bertz CT molecular complexity index is 2640. The topological polar surface area (TPSA) is 9.34 Å². The molecule has 0 fully saturated rings. The third-order valence-corrected chi connectivity index (χ3v) is 9.01. The fourth-order valence-electron chi connectivity index (χ4n) is 7.42. The van der Waals surface area contributed by atoms with Gasteiger partial charge in [-0.15, -0.1) is 0 Å². The molecule has 10 aromatic rings. The van der Waals surface area contributed by atoms with Gasteiger partial charge in [-0.25, -0.2) is 0 Å². The van der Waals surface area contributed by atoms with Crippen LogP contribution in [0.25, 0.3) is 87.1 Å². The van der Waals surface area contributed by atoms with Crippen LogP contribution in [0.5, 0.6) is 0 Å². The maximum Gasteiger partial charge on any atom is 0.0641 e. The second kappa shape index (κ2) is 7.19. The van der Waals surface area contributed by atoms with Crippen LogP contribution in [0, 0.1) is 0 Å². The predicted octanol–water partition coefficient (Wildman–Crippen LogP) is 10.2. The summed E-state index contributed by atoms with van der Waals surface area (Å²) in [7, 11) is 0. The Morgan fingerprint density at radius 3 is 1.70 bits per heavy atom. The van der Waals surface area contributed by atoms with Crippen LogP contribution in [0.1, 0.15) is 0 Å². The zero-order chi connectivity index (χ0) is 25.9. The lowest BCUT2D eigenvalue weighted by atomic mass is 10.0. The Labute approximate surface area is 229 Å². The van der Waals surface area contributed by atoms with Gasteiger partial charge < -0.3 is 8.97 Å². The van der Waals surface area contributed by atoms with Crippen molar-refractivity contribution in [2.45, 2.75) is 0 Å². The number of benzene rings is 7. The molecule has 40 heavy (non-hydrogen) atoms. The van der Waals surface area contributed by atoms with Crippen LogP contribution in [0.15, 0.2) is 133 Å². The van der Waals surface area contributed by atoms with Crippen molar-refractivity contribution < 1.29 is 0 Å². The predicted molar refractivity (Wildman–Crippen MR) is 170 cm³/mol. The number of hydrogen-bond acceptors (Lipinski definition) is 0. The zero-order valence-electron chi connectivity index (χ0n) is 21.6. The first-order chi connectivity index (χ1) is 19.9. The first-order valence-electron chi connectivity index (χ1n) is 13.9. The average molecular weight is 507 g/mol. The highest BCUT2D eigenvalue weighted by atomic mass is 15.0. The highest BCUT2D eigenvalue weighted by Gasteiger charge is 2.22. The first-order valence-corrected chi connectivity index (χ1v) is 13.9. The summed E-state index contributed by atoms with van der Waals surface area (Å²) in [5.74, 6) is 0. The fraction of sp³-hybridized carbons (Fsp3) is 0. The maximum absolute atomic E-state index is 2.53. The van der Waals surface area contributed by atoms with Crippen molar-refractivity contribution in [1.82, 2.24) is 8.97 Å². The van der Waals surface area contributed by atoms with E-state index in [1.807, 2.05) is 0 Å². The van der Waals surface area contributed by atoms with Crippen molar-refractivity contribution in [3.05, 3.63) is 133 Å². The minimum atomic E-state index is 1.22. The molecule has 2 heteroatoms. The molecule has 0 N–H and O–H groups in total. The number of nitrogens with zero attached hydrogens (tertiary/aromatic N) is 2. The van der Waals surface area contributed by atoms with Crippen molar-refractivity contribution in [2.75, 3.05) is 0 Å². The average Bonchev–Trinajstić information content (AvgIpc) is 3.66. The van der Waals surface area contributed by atoms with Crippen molar-refractivity contribution >= 4 is 81.4 Å². The molecule has 0 aliphatic carbocycles. The summed E-state index contributed by atoms with van der Waals surface area (Å²) in [5, 5.41) is 12.9. The molecule has 10 rings (SSSR count). The molecule has 0 aliphatic rings. The van der Waals surface area contributed by atoms with Gasteiger partial charge in [0, 0.05) is 43.1 Å². The highest BCUT2D eigenvalue weighted by molar-refractivity contribution is 6.32. The summed E-state index contributed by atoms with van der Waals surface area (Å²) in [6, 6.07) is 49.1. The number of hydrogen-bond donors (Lipinski definition) is 0. The summed E-state index contributed by atoms with van der Waals surface area (Å²) >= 11 is 0. The van der Waals surface area contributed by atoms with Gasteiger partial charge in [0.05, 0.1) is 33.3 Å². The van der Waals surface area contributed by atoms with E-state index < -0.39 is 0 Å². The van der Waals surface area contributed by atoms with E-state index >= 15 is 0 Å². The smallest absolute Gasteiger partial charge is 0.0641 e. The van der Waals surface area contributed by atoms with Crippen LogP contribution >= 0.6 is 0 Å². The molecule has 0 radical (unpaired) electrons. The maximum atomic E-state index is 2.53. The molecule has 0 bridgehead atoms. The van der Waals surface area contributed by atoms with E-state index in [9.17, 15) is 0 Å². The molecule has 184 valence electrons. The largest absolute Gasteiger partial charge is 0.308 e. The Hall–Kier alpha value is -5.34. The molecule has 0 aliphatic heterocycles. The van der Waals surface area contributed by atoms with Gasteiger partial charge in [-0.1, -0.05) is 115 Å². The summed E-state index contributed by atoms with van der Waals surface area (Å²) < 4.78 is 5.05. The molecular formula is C38H22N2. The van der Waals surface area contributed by atoms with Crippen LogP contribution in [0.2, 0.25) is 0 Å². The molecule has 0 atom stereocenters. The van der Waals surface area contributed by atoms with Gasteiger partial charge in [0.2, 0.25) is 0 Å². The summed E-state index contributed by atoms with van der Waals surface area (Å²) in [4.78, 5) is 0. The Morgan fingerprint density at radius 2 is 0.875 bits per heavy atom. The molecule has 0 spiro atoms. The number of rotatable bonds is 1. The number of para-hydroxylation sites is 3. The van der Waals surface area contributed by atoms with Crippen molar-refractivity contribution in [1.29, 1.82) is 0 Å². The minimum Gasteiger partial charge on any atom is -0.308 e. The van der Waals surface area contributed by atoms with Gasteiger partial charge in [-0.3, -0.25) is 0 Å². The van der Waals surface area contributed by atoms with Crippen LogP contribution in [-0.4, -0.2) is 8.97 Å². The number of aromatic nitrogens is 2. The quantitative estimate of drug-likeness (QED) is 0.209. The van der Waals surface area contributed by atoms with Crippen molar-refractivity contribution in [3.8, 4) is 5.69 Å². The molecule has 0 saturated carbocycles. The van der Waals surface area contributed by atoms with E-state index in [4.69, 9.17) is 0 Å². The van der Waals surface area contributed by atoms with Gasteiger partial charge in [0.1, 0.15) is 0 Å². The van der Waals surface area contributed by atoms with E-state index in [-0.39, 0.29) is 0 Å². The van der Waals surface area contributed by atoms with Gasteiger partial charge >= 0.3 is 0 Å². The molecule has 0 amide bonds. The standard InChI is InChI=1S/C38H22N2/c1-2-11-25-23(9-1)10-7-18-32(25)39-33-16-5-3-13-27(33)30-21-19-24-20-22-31-29-15-8-14-28-26-12-4-6-17-34(26)40(36(28)29)38(31)35(24)37(30)39/h1-22H.